The summed E-state index contributed by atoms with van der Waals surface area (Å²) in [6.45, 7) is 1.74. The van der Waals surface area contributed by atoms with Gasteiger partial charge in [0.2, 0.25) is 6.49 Å². The van der Waals surface area contributed by atoms with Gasteiger partial charge in [-0.15, -0.1) is 0 Å². The van der Waals surface area contributed by atoms with Gasteiger partial charge in [-0.1, -0.05) is 12.1 Å². The van der Waals surface area contributed by atoms with Gasteiger partial charge in [0.15, 0.2) is 0 Å². The molecule has 1 atom stereocenters. The van der Waals surface area contributed by atoms with Crippen LogP contribution in [0.25, 0.3) is 0 Å². The third-order valence-corrected chi connectivity index (χ3v) is 3.47. The van der Waals surface area contributed by atoms with Crippen molar-refractivity contribution < 1.29 is 9.05 Å². The van der Waals surface area contributed by atoms with Crippen molar-refractivity contribution in [1.29, 1.82) is 0 Å². The Labute approximate surface area is 84.0 Å². The van der Waals surface area contributed by atoms with Gasteiger partial charge >= 0.3 is 0 Å². The lowest BCUT2D eigenvalue weighted by atomic mass is 10.2. The Hall–Kier alpha value is -0.370. The molecule has 2 nitrogen and oxygen atoms in total. The van der Waals surface area contributed by atoms with E-state index in [1.807, 2.05) is 37.9 Å². The molecule has 0 radical (unpaired) electrons. The second-order valence-corrected chi connectivity index (χ2v) is 6.94. The maximum atomic E-state index is 5.54. The molecule has 0 heterocycles. The van der Waals surface area contributed by atoms with Gasteiger partial charge in [0.1, 0.15) is 5.75 Å². The standard InChI is InChI=1S/C9H13O2PS/c1-8-5-4-6-9(7-8)11-12(3,13)10-2/h4-7H,1-3H3. The molecule has 72 valence electrons. The number of aryl methyl sites for hydroxylation is 1. The van der Waals surface area contributed by atoms with E-state index in [4.69, 9.17) is 20.9 Å². The highest BCUT2D eigenvalue weighted by Gasteiger charge is 2.09. The van der Waals surface area contributed by atoms with E-state index in [1.54, 1.807) is 7.11 Å². The predicted molar refractivity (Wildman–Crippen MR) is 59.0 cm³/mol. The molecule has 1 aromatic rings. The summed E-state index contributed by atoms with van der Waals surface area (Å²) in [5.74, 6) is 0.785. The van der Waals surface area contributed by atoms with Crippen molar-refractivity contribution >= 4 is 18.3 Å². The van der Waals surface area contributed by atoms with Crippen LogP contribution in [-0.2, 0) is 16.3 Å². The smallest absolute Gasteiger partial charge is 0.234 e. The van der Waals surface area contributed by atoms with E-state index in [-0.39, 0.29) is 0 Å². The highest BCUT2D eigenvalue weighted by molar-refractivity contribution is 8.09. The van der Waals surface area contributed by atoms with E-state index in [0.717, 1.165) is 11.3 Å². The summed E-state index contributed by atoms with van der Waals surface area (Å²) >= 11 is 5.14. The van der Waals surface area contributed by atoms with Gasteiger partial charge in [0.05, 0.1) is 0 Å². The van der Waals surface area contributed by atoms with E-state index in [0.29, 0.717) is 0 Å². The van der Waals surface area contributed by atoms with Crippen molar-refractivity contribution in [2.75, 3.05) is 13.8 Å². The Balaban J connectivity index is 2.81. The second kappa shape index (κ2) is 4.23. The molecule has 0 aliphatic heterocycles. The monoisotopic (exact) mass is 216 g/mol. The van der Waals surface area contributed by atoms with E-state index in [9.17, 15) is 0 Å². The fourth-order valence-corrected chi connectivity index (χ4v) is 1.73. The zero-order chi connectivity index (χ0) is 9.90. The summed E-state index contributed by atoms with van der Waals surface area (Å²) in [6, 6.07) is 7.79. The fourth-order valence-electron chi connectivity index (χ4n) is 0.901. The zero-order valence-electron chi connectivity index (χ0n) is 7.98. The van der Waals surface area contributed by atoms with Gasteiger partial charge in [-0.25, -0.2) is 0 Å². The van der Waals surface area contributed by atoms with Crippen LogP contribution in [0.1, 0.15) is 5.56 Å². The summed E-state index contributed by atoms with van der Waals surface area (Å²) < 4.78 is 10.6. The lowest BCUT2D eigenvalue weighted by Crippen LogP contribution is -1.92. The lowest BCUT2D eigenvalue weighted by Gasteiger charge is -2.16. The molecule has 0 amide bonds. The number of benzene rings is 1. The predicted octanol–water partition coefficient (Wildman–Crippen LogP) is 2.96. The van der Waals surface area contributed by atoms with E-state index in [2.05, 4.69) is 0 Å². The summed E-state index contributed by atoms with van der Waals surface area (Å²) in [6.07, 6.45) is 0. The zero-order valence-corrected chi connectivity index (χ0v) is 9.69. The Kier molecular flexibility index (Phi) is 3.48. The Morgan fingerprint density at radius 1 is 1.38 bits per heavy atom. The molecule has 0 bridgehead atoms. The van der Waals surface area contributed by atoms with Crippen LogP contribution in [0, 0.1) is 6.92 Å². The largest absolute Gasteiger partial charge is 0.444 e. The van der Waals surface area contributed by atoms with Crippen molar-refractivity contribution in [1.82, 2.24) is 0 Å². The van der Waals surface area contributed by atoms with Gasteiger partial charge in [-0.05, 0) is 36.4 Å². The summed E-state index contributed by atoms with van der Waals surface area (Å²) in [5.41, 5.74) is 1.16. The molecular formula is C9H13O2PS. The second-order valence-electron chi connectivity index (χ2n) is 2.86. The Morgan fingerprint density at radius 3 is 2.62 bits per heavy atom. The molecule has 4 heteroatoms. The Morgan fingerprint density at radius 2 is 2.08 bits per heavy atom. The topological polar surface area (TPSA) is 18.5 Å². The lowest BCUT2D eigenvalue weighted by molar-refractivity contribution is 0.398. The van der Waals surface area contributed by atoms with Crippen molar-refractivity contribution in [3.8, 4) is 5.75 Å². The minimum Gasteiger partial charge on any atom is -0.444 e. The van der Waals surface area contributed by atoms with E-state index in [1.165, 1.54) is 0 Å². The first-order valence-electron chi connectivity index (χ1n) is 3.93. The molecule has 0 saturated heterocycles. The third-order valence-electron chi connectivity index (χ3n) is 1.59. The first-order valence-corrected chi connectivity index (χ1v) is 7.01. The molecule has 1 unspecified atom stereocenters. The minimum atomic E-state index is -2.08. The maximum Gasteiger partial charge on any atom is 0.234 e. The number of hydrogen-bond donors (Lipinski definition) is 0. The molecule has 1 rings (SSSR count). The van der Waals surface area contributed by atoms with Crippen LogP contribution < -0.4 is 4.52 Å². The molecule has 0 aromatic heterocycles. The van der Waals surface area contributed by atoms with Crippen molar-refractivity contribution in [2.24, 2.45) is 0 Å². The van der Waals surface area contributed by atoms with Crippen LogP contribution >= 0.6 is 6.49 Å². The fraction of sp³-hybridized carbons (Fsp3) is 0.333. The van der Waals surface area contributed by atoms with Gasteiger partial charge < -0.3 is 9.05 Å². The van der Waals surface area contributed by atoms with Crippen molar-refractivity contribution in [3.05, 3.63) is 29.8 Å². The molecular weight excluding hydrogens is 203 g/mol. The SMILES string of the molecule is COP(C)(=S)Oc1cccc(C)c1. The van der Waals surface area contributed by atoms with Crippen LogP contribution in [0.15, 0.2) is 24.3 Å². The average Bonchev–Trinajstić information content (AvgIpc) is 2.03. The summed E-state index contributed by atoms with van der Waals surface area (Å²) in [7, 11) is 1.58. The van der Waals surface area contributed by atoms with Crippen molar-refractivity contribution in [2.45, 2.75) is 6.92 Å². The molecule has 0 aliphatic rings. The number of hydrogen-bond acceptors (Lipinski definition) is 3. The van der Waals surface area contributed by atoms with E-state index >= 15 is 0 Å². The Bertz CT molecular complexity index is 338. The van der Waals surface area contributed by atoms with Crippen LogP contribution in [0.2, 0.25) is 0 Å². The van der Waals surface area contributed by atoms with Crippen LogP contribution in [0.5, 0.6) is 5.75 Å². The molecule has 1 aromatic carbocycles. The maximum absolute atomic E-state index is 5.54. The molecule has 0 saturated carbocycles. The van der Waals surface area contributed by atoms with Gasteiger partial charge in [-0.3, -0.25) is 0 Å². The summed E-state index contributed by atoms with van der Waals surface area (Å²) in [5, 5.41) is 0. The minimum absolute atomic E-state index is 0.785. The molecule has 13 heavy (non-hydrogen) atoms. The van der Waals surface area contributed by atoms with Crippen LogP contribution in [-0.4, -0.2) is 13.8 Å². The molecule has 0 aliphatic carbocycles. The molecule has 0 N–H and O–H groups in total. The van der Waals surface area contributed by atoms with Gasteiger partial charge in [0.25, 0.3) is 0 Å². The average molecular weight is 216 g/mol. The van der Waals surface area contributed by atoms with Crippen LogP contribution in [0.4, 0.5) is 0 Å². The normalized spacial score (nSPS) is 15.0. The highest BCUT2D eigenvalue weighted by atomic mass is 32.5. The highest BCUT2D eigenvalue weighted by Crippen LogP contribution is 2.43. The van der Waals surface area contributed by atoms with Crippen LogP contribution in [0.3, 0.4) is 0 Å². The first kappa shape index (κ1) is 10.7. The first-order chi connectivity index (χ1) is 6.03. The van der Waals surface area contributed by atoms with Gasteiger partial charge in [-0.2, -0.15) is 0 Å². The van der Waals surface area contributed by atoms with Crippen molar-refractivity contribution in [3.63, 3.8) is 0 Å². The summed E-state index contributed by atoms with van der Waals surface area (Å²) in [4.78, 5) is 0. The number of rotatable bonds is 3. The molecule has 0 fully saturated rings. The quantitative estimate of drug-likeness (QED) is 0.724. The van der Waals surface area contributed by atoms with Gasteiger partial charge in [0, 0.05) is 13.8 Å². The molecule has 0 spiro atoms. The van der Waals surface area contributed by atoms with E-state index < -0.39 is 6.49 Å². The third kappa shape index (κ3) is 3.47.